The van der Waals surface area contributed by atoms with Crippen LogP contribution >= 0.6 is 0 Å². The molecule has 0 atom stereocenters. The third-order valence-electron chi connectivity index (χ3n) is 4.83. The fourth-order valence-electron chi connectivity index (χ4n) is 3.53. The third kappa shape index (κ3) is 2.07. The SMILES string of the molecule is Cn1ncc2c(N)nc(N3CCc4[nH]c5ccc(F)cc5c4C3)nc21. The van der Waals surface area contributed by atoms with Gasteiger partial charge in [0.25, 0.3) is 0 Å². The summed E-state index contributed by atoms with van der Waals surface area (Å²) in [6.45, 7) is 1.38. The van der Waals surface area contributed by atoms with Gasteiger partial charge in [0.15, 0.2) is 5.65 Å². The highest BCUT2D eigenvalue weighted by Gasteiger charge is 2.23. The van der Waals surface area contributed by atoms with Gasteiger partial charge in [0.05, 0.1) is 11.6 Å². The average molecular weight is 337 g/mol. The number of fused-ring (bicyclic) bond motifs is 4. The molecule has 1 aromatic carbocycles. The van der Waals surface area contributed by atoms with Crippen LogP contribution in [0.25, 0.3) is 21.9 Å². The Bertz CT molecular complexity index is 1130. The first-order valence-electron chi connectivity index (χ1n) is 8.09. The molecule has 3 N–H and O–H groups in total. The van der Waals surface area contributed by atoms with E-state index >= 15 is 0 Å². The van der Waals surface area contributed by atoms with Crippen molar-refractivity contribution in [2.45, 2.75) is 13.0 Å². The first kappa shape index (κ1) is 14.2. The van der Waals surface area contributed by atoms with Crippen LogP contribution in [-0.2, 0) is 20.0 Å². The molecule has 3 aromatic heterocycles. The van der Waals surface area contributed by atoms with Crippen molar-refractivity contribution in [3.05, 3.63) is 41.5 Å². The smallest absolute Gasteiger partial charge is 0.229 e. The summed E-state index contributed by atoms with van der Waals surface area (Å²) >= 11 is 0. The molecule has 8 heteroatoms. The van der Waals surface area contributed by atoms with E-state index in [9.17, 15) is 4.39 Å². The summed E-state index contributed by atoms with van der Waals surface area (Å²) in [5, 5.41) is 5.85. The average Bonchev–Trinajstić information content (AvgIpc) is 3.15. The molecule has 0 fully saturated rings. The van der Waals surface area contributed by atoms with Crippen molar-refractivity contribution in [2.24, 2.45) is 7.05 Å². The number of aromatic amines is 1. The Kier molecular flexibility index (Phi) is 2.79. The normalized spacial score (nSPS) is 14.4. The van der Waals surface area contributed by atoms with Gasteiger partial charge in [-0.2, -0.15) is 15.1 Å². The lowest BCUT2D eigenvalue weighted by Crippen LogP contribution is -2.31. The number of halogens is 1. The first-order chi connectivity index (χ1) is 12.1. The second-order valence-electron chi connectivity index (χ2n) is 6.36. The Morgan fingerprint density at radius 1 is 1.24 bits per heavy atom. The molecule has 4 aromatic rings. The molecule has 1 aliphatic rings. The molecule has 0 bridgehead atoms. The molecule has 25 heavy (non-hydrogen) atoms. The zero-order valence-corrected chi connectivity index (χ0v) is 13.6. The fraction of sp³-hybridized carbons (Fsp3) is 0.235. The van der Waals surface area contributed by atoms with Crippen molar-refractivity contribution in [2.75, 3.05) is 17.2 Å². The lowest BCUT2D eigenvalue weighted by atomic mass is 10.0. The minimum absolute atomic E-state index is 0.233. The summed E-state index contributed by atoms with van der Waals surface area (Å²) in [5.41, 5.74) is 9.97. The number of anilines is 2. The Balaban J connectivity index is 1.60. The number of nitrogens with one attached hydrogen (secondary N) is 1. The van der Waals surface area contributed by atoms with Gasteiger partial charge in [-0.15, -0.1) is 0 Å². The van der Waals surface area contributed by atoms with Gasteiger partial charge < -0.3 is 15.6 Å². The fourth-order valence-corrected chi connectivity index (χ4v) is 3.53. The number of aryl methyl sites for hydroxylation is 1. The Morgan fingerprint density at radius 3 is 3.00 bits per heavy atom. The monoisotopic (exact) mass is 337 g/mol. The van der Waals surface area contributed by atoms with Crippen molar-refractivity contribution in [1.82, 2.24) is 24.7 Å². The van der Waals surface area contributed by atoms with Crippen LogP contribution in [0, 0.1) is 5.82 Å². The number of benzene rings is 1. The van der Waals surface area contributed by atoms with Crippen molar-refractivity contribution in [3.8, 4) is 0 Å². The van der Waals surface area contributed by atoms with Gasteiger partial charge in [-0.1, -0.05) is 0 Å². The molecule has 126 valence electrons. The molecule has 0 unspecified atom stereocenters. The molecule has 0 amide bonds. The minimum atomic E-state index is -0.233. The van der Waals surface area contributed by atoms with E-state index in [0.29, 0.717) is 24.0 Å². The molecule has 0 saturated heterocycles. The zero-order valence-electron chi connectivity index (χ0n) is 13.6. The lowest BCUT2D eigenvalue weighted by Gasteiger charge is -2.27. The predicted molar refractivity (Wildman–Crippen MR) is 93.7 cm³/mol. The maximum Gasteiger partial charge on any atom is 0.229 e. The van der Waals surface area contributed by atoms with E-state index in [1.807, 2.05) is 7.05 Å². The van der Waals surface area contributed by atoms with Gasteiger partial charge in [-0.3, -0.25) is 4.68 Å². The van der Waals surface area contributed by atoms with Crippen LogP contribution in [0.2, 0.25) is 0 Å². The van der Waals surface area contributed by atoms with E-state index in [1.165, 1.54) is 6.07 Å². The molecular formula is C17H16FN7. The summed E-state index contributed by atoms with van der Waals surface area (Å²) < 4.78 is 15.4. The van der Waals surface area contributed by atoms with E-state index in [0.717, 1.165) is 40.5 Å². The molecule has 0 spiro atoms. The van der Waals surface area contributed by atoms with Crippen molar-refractivity contribution in [3.63, 3.8) is 0 Å². The molecule has 4 heterocycles. The van der Waals surface area contributed by atoms with Crippen molar-refractivity contribution in [1.29, 1.82) is 0 Å². The van der Waals surface area contributed by atoms with Crippen LogP contribution in [0.15, 0.2) is 24.4 Å². The van der Waals surface area contributed by atoms with Gasteiger partial charge in [0.1, 0.15) is 11.6 Å². The highest BCUT2D eigenvalue weighted by molar-refractivity contribution is 5.87. The van der Waals surface area contributed by atoms with Crippen molar-refractivity contribution >= 4 is 33.7 Å². The van der Waals surface area contributed by atoms with E-state index in [1.54, 1.807) is 23.0 Å². The minimum Gasteiger partial charge on any atom is -0.383 e. The summed E-state index contributed by atoms with van der Waals surface area (Å²) in [5.74, 6) is 0.761. The molecule has 7 nitrogen and oxygen atoms in total. The summed E-state index contributed by atoms with van der Waals surface area (Å²) in [6.07, 6.45) is 2.49. The maximum atomic E-state index is 13.7. The second-order valence-corrected chi connectivity index (χ2v) is 6.36. The quantitative estimate of drug-likeness (QED) is 0.555. The number of nitrogens with two attached hydrogens (primary N) is 1. The number of hydrogen-bond donors (Lipinski definition) is 2. The van der Waals surface area contributed by atoms with Gasteiger partial charge >= 0.3 is 0 Å². The molecule has 1 aliphatic heterocycles. The summed E-state index contributed by atoms with van der Waals surface area (Å²) in [6, 6.07) is 4.83. The van der Waals surface area contributed by atoms with Crippen LogP contribution in [-0.4, -0.2) is 31.3 Å². The van der Waals surface area contributed by atoms with Gasteiger partial charge in [0, 0.05) is 48.7 Å². The first-order valence-corrected chi connectivity index (χ1v) is 8.09. The number of hydrogen-bond acceptors (Lipinski definition) is 5. The van der Waals surface area contributed by atoms with Gasteiger partial charge in [-0.05, 0) is 18.2 Å². The predicted octanol–water partition coefficient (Wildman–Crippen LogP) is 2.13. The highest BCUT2D eigenvalue weighted by atomic mass is 19.1. The number of nitrogen functional groups attached to an aromatic ring is 1. The molecular weight excluding hydrogens is 321 g/mol. The van der Waals surface area contributed by atoms with Gasteiger partial charge in [-0.25, -0.2) is 4.39 Å². The zero-order chi connectivity index (χ0) is 17.1. The van der Waals surface area contributed by atoms with Crippen LogP contribution in [0.3, 0.4) is 0 Å². The number of aromatic nitrogens is 5. The number of H-pyrrole nitrogens is 1. The van der Waals surface area contributed by atoms with Crippen LogP contribution < -0.4 is 10.6 Å². The molecule has 0 aliphatic carbocycles. The van der Waals surface area contributed by atoms with Crippen LogP contribution in [0.1, 0.15) is 11.3 Å². The van der Waals surface area contributed by atoms with E-state index < -0.39 is 0 Å². The number of rotatable bonds is 1. The van der Waals surface area contributed by atoms with Crippen LogP contribution in [0.5, 0.6) is 0 Å². The number of nitrogens with zero attached hydrogens (tertiary/aromatic N) is 5. The van der Waals surface area contributed by atoms with Gasteiger partial charge in [0.2, 0.25) is 5.95 Å². The standard InChI is InChI=1S/C17H16FN7/c1-24-16-11(7-20-24)15(19)22-17(23-16)25-5-4-14-12(8-25)10-6-9(18)2-3-13(10)21-14/h2-3,6-7,21H,4-5,8H2,1H3,(H2,19,22,23). The van der Waals surface area contributed by atoms with E-state index in [-0.39, 0.29) is 5.82 Å². The Labute approximate surface area is 142 Å². The van der Waals surface area contributed by atoms with E-state index in [2.05, 4.69) is 25.0 Å². The molecule has 5 rings (SSSR count). The Hall–Kier alpha value is -3.16. The highest BCUT2D eigenvalue weighted by Crippen LogP contribution is 2.30. The molecule has 0 saturated carbocycles. The second kappa shape index (κ2) is 4.92. The lowest BCUT2D eigenvalue weighted by molar-refractivity contribution is 0.629. The summed E-state index contributed by atoms with van der Waals surface area (Å²) in [4.78, 5) is 14.5. The van der Waals surface area contributed by atoms with Crippen molar-refractivity contribution < 1.29 is 4.39 Å². The summed E-state index contributed by atoms with van der Waals surface area (Å²) in [7, 11) is 1.83. The maximum absolute atomic E-state index is 13.7. The largest absolute Gasteiger partial charge is 0.383 e. The third-order valence-corrected chi connectivity index (χ3v) is 4.83. The topological polar surface area (TPSA) is 88.7 Å². The van der Waals surface area contributed by atoms with Crippen LogP contribution in [0.4, 0.5) is 16.2 Å². The van der Waals surface area contributed by atoms with E-state index in [4.69, 9.17) is 5.73 Å². The molecule has 0 radical (unpaired) electrons. The Morgan fingerprint density at radius 2 is 2.12 bits per heavy atom.